The number of hydrogen-bond donors (Lipinski definition) is 1. The third-order valence-corrected chi connectivity index (χ3v) is 4.89. The summed E-state index contributed by atoms with van der Waals surface area (Å²) in [6.45, 7) is 4.78. The summed E-state index contributed by atoms with van der Waals surface area (Å²) in [5.41, 5.74) is 0.606. The van der Waals surface area contributed by atoms with Gasteiger partial charge in [-0.15, -0.1) is 0 Å². The monoisotopic (exact) mass is 453 g/mol. The van der Waals surface area contributed by atoms with E-state index in [1.54, 1.807) is 30.2 Å². The summed E-state index contributed by atoms with van der Waals surface area (Å²) in [4.78, 5) is 25.8. The van der Waals surface area contributed by atoms with Crippen molar-refractivity contribution >= 4 is 12.0 Å². The van der Waals surface area contributed by atoms with Gasteiger partial charge in [-0.1, -0.05) is 31.9 Å². The average Bonchev–Trinajstić information content (AvgIpc) is 3.17. The van der Waals surface area contributed by atoms with Crippen molar-refractivity contribution in [2.45, 2.75) is 52.4 Å². The van der Waals surface area contributed by atoms with Gasteiger partial charge in [-0.25, -0.2) is 4.79 Å². The highest BCUT2D eigenvalue weighted by Gasteiger charge is 2.30. The van der Waals surface area contributed by atoms with Crippen molar-refractivity contribution < 1.29 is 27.5 Å². The van der Waals surface area contributed by atoms with Crippen molar-refractivity contribution in [2.24, 2.45) is 0 Å². The lowest BCUT2D eigenvalue weighted by molar-refractivity contribution is -0.142. The van der Waals surface area contributed by atoms with Crippen LogP contribution in [0.25, 0.3) is 0 Å². The van der Waals surface area contributed by atoms with Crippen LogP contribution in [0.3, 0.4) is 0 Å². The highest BCUT2D eigenvalue weighted by molar-refractivity contribution is 5.80. The van der Waals surface area contributed by atoms with E-state index in [1.165, 1.54) is 6.07 Å². The van der Waals surface area contributed by atoms with Crippen molar-refractivity contribution in [3.63, 3.8) is 0 Å². The molecule has 0 atom stereocenters. The summed E-state index contributed by atoms with van der Waals surface area (Å²) in [5, 5.41) is 2.58. The van der Waals surface area contributed by atoms with Crippen molar-refractivity contribution in [2.75, 3.05) is 19.7 Å². The lowest BCUT2D eigenvalue weighted by Gasteiger charge is -2.24. The summed E-state index contributed by atoms with van der Waals surface area (Å²) >= 11 is 0. The molecule has 6 nitrogen and oxygen atoms in total. The molecule has 9 heteroatoms. The molecule has 0 unspecified atom stereocenters. The van der Waals surface area contributed by atoms with E-state index in [0.717, 1.165) is 37.1 Å². The molecule has 0 saturated carbocycles. The van der Waals surface area contributed by atoms with E-state index in [4.69, 9.17) is 4.74 Å². The van der Waals surface area contributed by atoms with Gasteiger partial charge in [-0.05, 0) is 43.2 Å². The third-order valence-electron chi connectivity index (χ3n) is 4.89. The first-order valence-electron chi connectivity index (χ1n) is 10.7. The number of hydrogen-bond acceptors (Lipinski definition) is 3. The summed E-state index contributed by atoms with van der Waals surface area (Å²) in [5.74, 6) is -0.512. The maximum Gasteiger partial charge on any atom is 0.416 e. The normalized spacial score (nSPS) is 11.3. The zero-order chi connectivity index (χ0) is 23.6. The lowest BCUT2D eigenvalue weighted by atomic mass is 10.1. The molecule has 0 fully saturated rings. The number of nitrogens with zero attached hydrogens (tertiary/aromatic N) is 2. The van der Waals surface area contributed by atoms with Crippen LogP contribution in [-0.2, 0) is 28.8 Å². The highest BCUT2D eigenvalue weighted by Crippen LogP contribution is 2.29. The maximum atomic E-state index is 13.0. The Morgan fingerprint density at radius 2 is 1.91 bits per heavy atom. The second kappa shape index (κ2) is 12.2. The first-order chi connectivity index (χ1) is 15.2. The molecule has 176 valence electrons. The van der Waals surface area contributed by atoms with Gasteiger partial charge in [0.15, 0.2) is 0 Å². The molecule has 0 aliphatic carbocycles. The number of rotatable bonds is 11. The van der Waals surface area contributed by atoms with Crippen molar-refractivity contribution in [1.29, 1.82) is 0 Å². The highest BCUT2D eigenvalue weighted by atomic mass is 19.4. The molecule has 1 aromatic carbocycles. The van der Waals surface area contributed by atoms with Crippen LogP contribution in [0.15, 0.2) is 42.6 Å². The Balaban J connectivity index is 2.11. The average molecular weight is 454 g/mol. The van der Waals surface area contributed by atoms with E-state index >= 15 is 0 Å². The number of ether oxygens (including phenoxy) is 1. The molecule has 0 saturated heterocycles. The number of urea groups is 1. The van der Waals surface area contributed by atoms with E-state index in [-0.39, 0.29) is 32.3 Å². The molecule has 2 aromatic rings. The second-order valence-electron chi connectivity index (χ2n) is 7.42. The molecule has 0 spiro atoms. The SMILES string of the molecule is CCCCCN(Cc1cccn1Cc1cccc(C(F)(F)F)c1)C(=O)NCC(=O)OCC. The van der Waals surface area contributed by atoms with E-state index in [0.29, 0.717) is 12.1 Å². The molecule has 0 radical (unpaired) electrons. The predicted molar refractivity (Wildman–Crippen MR) is 115 cm³/mol. The molecule has 2 amide bonds. The van der Waals surface area contributed by atoms with Crippen LogP contribution in [0.2, 0.25) is 0 Å². The Morgan fingerprint density at radius 3 is 2.59 bits per heavy atom. The summed E-state index contributed by atoms with van der Waals surface area (Å²) in [7, 11) is 0. The maximum absolute atomic E-state index is 13.0. The molecular weight excluding hydrogens is 423 g/mol. The minimum absolute atomic E-state index is 0.220. The zero-order valence-corrected chi connectivity index (χ0v) is 18.5. The molecule has 0 aliphatic rings. The molecular formula is C23H30F3N3O3. The fraction of sp³-hybridized carbons (Fsp3) is 0.478. The van der Waals surface area contributed by atoms with Crippen LogP contribution >= 0.6 is 0 Å². The van der Waals surface area contributed by atoms with Gasteiger partial charge in [0.25, 0.3) is 0 Å². The number of carbonyl (C=O) groups excluding carboxylic acids is 2. The molecule has 1 aromatic heterocycles. The van der Waals surface area contributed by atoms with Gasteiger partial charge in [-0.3, -0.25) is 4.79 Å². The largest absolute Gasteiger partial charge is 0.465 e. The van der Waals surface area contributed by atoms with Gasteiger partial charge in [0.2, 0.25) is 0 Å². The minimum atomic E-state index is -4.40. The Morgan fingerprint density at radius 1 is 1.12 bits per heavy atom. The Hall–Kier alpha value is -2.97. The Kier molecular flexibility index (Phi) is 9.61. The van der Waals surface area contributed by atoms with Crippen LogP contribution in [0, 0.1) is 0 Å². The molecule has 1 N–H and O–H groups in total. The van der Waals surface area contributed by atoms with Gasteiger partial charge in [0, 0.05) is 25.0 Å². The van der Waals surface area contributed by atoms with Gasteiger partial charge in [0.1, 0.15) is 6.54 Å². The first kappa shape index (κ1) is 25.3. The number of alkyl halides is 3. The fourth-order valence-corrected chi connectivity index (χ4v) is 3.26. The number of benzene rings is 1. The standard InChI is InChI=1S/C23H30F3N3O3/c1-3-5-6-12-29(22(31)27-15-21(30)32-4-2)17-20-11-8-13-28(20)16-18-9-7-10-19(14-18)23(24,25)26/h7-11,13-14H,3-6,12,15-17H2,1-2H3,(H,27,31). The predicted octanol–water partition coefficient (Wildman–Crippen LogP) is 4.82. The van der Waals surface area contributed by atoms with Crippen LogP contribution in [0.1, 0.15) is 49.9 Å². The van der Waals surface area contributed by atoms with E-state index in [2.05, 4.69) is 12.2 Å². The number of aromatic nitrogens is 1. The van der Waals surface area contributed by atoms with Gasteiger partial charge >= 0.3 is 18.2 Å². The number of carbonyl (C=O) groups is 2. The smallest absolute Gasteiger partial charge is 0.416 e. The Labute approximate surface area is 186 Å². The van der Waals surface area contributed by atoms with Crippen molar-refractivity contribution in [3.8, 4) is 0 Å². The Bertz CT molecular complexity index is 881. The quantitative estimate of drug-likeness (QED) is 0.392. The number of esters is 1. The summed E-state index contributed by atoms with van der Waals surface area (Å²) in [6.07, 6.45) is 0.119. The van der Waals surface area contributed by atoms with Crippen molar-refractivity contribution in [3.05, 3.63) is 59.4 Å². The number of amides is 2. The summed E-state index contributed by atoms with van der Waals surface area (Å²) < 4.78 is 45.7. The van der Waals surface area contributed by atoms with E-state index in [1.807, 2.05) is 10.6 Å². The van der Waals surface area contributed by atoms with Gasteiger partial charge in [-0.2, -0.15) is 13.2 Å². The molecule has 2 rings (SSSR count). The third kappa shape index (κ3) is 7.94. The molecule has 0 aliphatic heterocycles. The van der Waals surface area contributed by atoms with Crippen LogP contribution in [0.5, 0.6) is 0 Å². The van der Waals surface area contributed by atoms with Crippen LogP contribution in [-0.4, -0.2) is 41.2 Å². The molecule has 1 heterocycles. The summed E-state index contributed by atoms with van der Waals surface area (Å²) in [6, 6.07) is 8.45. The van der Waals surface area contributed by atoms with E-state index in [9.17, 15) is 22.8 Å². The first-order valence-corrected chi connectivity index (χ1v) is 10.7. The minimum Gasteiger partial charge on any atom is -0.465 e. The van der Waals surface area contributed by atoms with Crippen LogP contribution < -0.4 is 5.32 Å². The zero-order valence-electron chi connectivity index (χ0n) is 18.5. The van der Waals surface area contributed by atoms with Crippen molar-refractivity contribution in [1.82, 2.24) is 14.8 Å². The molecule has 32 heavy (non-hydrogen) atoms. The van der Waals surface area contributed by atoms with Gasteiger partial charge < -0.3 is 19.5 Å². The number of unbranched alkanes of at least 4 members (excludes halogenated alkanes) is 2. The van der Waals surface area contributed by atoms with Gasteiger partial charge in [0.05, 0.1) is 18.7 Å². The topological polar surface area (TPSA) is 63.6 Å². The van der Waals surface area contributed by atoms with Crippen LogP contribution in [0.4, 0.5) is 18.0 Å². The number of nitrogens with one attached hydrogen (secondary N) is 1. The lowest BCUT2D eigenvalue weighted by Crippen LogP contribution is -2.42. The number of halogens is 3. The second-order valence-corrected chi connectivity index (χ2v) is 7.42. The van der Waals surface area contributed by atoms with E-state index < -0.39 is 17.7 Å². The fourth-order valence-electron chi connectivity index (χ4n) is 3.26. The molecule has 0 bridgehead atoms.